The summed E-state index contributed by atoms with van der Waals surface area (Å²) >= 11 is 11.9. The van der Waals surface area contributed by atoms with Gasteiger partial charge in [-0.2, -0.15) is 0 Å². The Morgan fingerprint density at radius 1 is 1.06 bits per heavy atom. The van der Waals surface area contributed by atoms with E-state index in [1.807, 2.05) is 12.1 Å². The lowest BCUT2D eigenvalue weighted by atomic mass is 10.2. The molecule has 0 aromatic heterocycles. The number of rotatable bonds is 4. The van der Waals surface area contributed by atoms with Crippen molar-refractivity contribution in [2.45, 2.75) is 12.5 Å². The first-order valence-electron chi connectivity index (χ1n) is 5.45. The van der Waals surface area contributed by atoms with E-state index in [0.29, 0.717) is 23.3 Å². The lowest BCUT2D eigenvalue weighted by Gasteiger charge is -2.11. The summed E-state index contributed by atoms with van der Waals surface area (Å²) in [6.07, 6.45) is 0. The van der Waals surface area contributed by atoms with Crippen LogP contribution in [0, 0.1) is 0 Å². The third kappa shape index (κ3) is 3.09. The number of hydrogen-bond acceptors (Lipinski definition) is 2. The smallest absolute Gasteiger partial charge is 0.125 e. The first kappa shape index (κ1) is 13.1. The number of phenolic OH excluding ortho intramolecular Hbond substituents is 1. The van der Waals surface area contributed by atoms with Crippen LogP contribution in [0.3, 0.4) is 0 Å². The quantitative estimate of drug-likeness (QED) is 0.844. The molecule has 18 heavy (non-hydrogen) atoms. The van der Waals surface area contributed by atoms with E-state index in [-0.39, 0.29) is 5.75 Å². The second-order valence-electron chi connectivity index (χ2n) is 3.81. The Hall–Kier alpha value is -1.38. The molecule has 94 valence electrons. The molecule has 0 heterocycles. The summed E-state index contributed by atoms with van der Waals surface area (Å²) in [6, 6.07) is 12.3. The molecule has 0 aliphatic heterocycles. The molecule has 0 saturated carbocycles. The van der Waals surface area contributed by atoms with E-state index in [1.165, 1.54) is 0 Å². The van der Waals surface area contributed by atoms with E-state index in [2.05, 4.69) is 0 Å². The van der Waals surface area contributed by atoms with Crippen molar-refractivity contribution in [2.75, 3.05) is 0 Å². The molecule has 4 heteroatoms. The number of hydrogen-bond donors (Lipinski definition) is 1. The second-order valence-corrected chi connectivity index (χ2v) is 4.48. The summed E-state index contributed by atoms with van der Waals surface area (Å²) in [5.41, 5.74) is 1.76. The van der Waals surface area contributed by atoms with Gasteiger partial charge in [0, 0.05) is 10.6 Å². The zero-order valence-electron chi connectivity index (χ0n) is 9.57. The van der Waals surface area contributed by atoms with Crippen molar-refractivity contribution < 1.29 is 9.84 Å². The molecule has 0 unspecified atom stereocenters. The normalized spacial score (nSPS) is 10.3. The molecular weight excluding hydrogens is 271 g/mol. The zero-order valence-corrected chi connectivity index (χ0v) is 11.1. The van der Waals surface area contributed by atoms with E-state index >= 15 is 0 Å². The average molecular weight is 283 g/mol. The molecule has 0 aliphatic rings. The van der Waals surface area contributed by atoms with Gasteiger partial charge in [0.25, 0.3) is 0 Å². The Balaban J connectivity index is 2.10. The number of halogens is 2. The first-order chi connectivity index (χ1) is 8.70. The Bertz CT molecular complexity index is 524. The lowest BCUT2D eigenvalue weighted by Crippen LogP contribution is -1.98. The maximum atomic E-state index is 9.18. The molecule has 0 spiro atoms. The van der Waals surface area contributed by atoms with Gasteiger partial charge in [0.1, 0.15) is 18.1 Å². The van der Waals surface area contributed by atoms with Gasteiger partial charge in [0.15, 0.2) is 0 Å². The minimum Gasteiger partial charge on any atom is -0.508 e. The molecule has 0 amide bonds. The molecule has 0 atom stereocenters. The highest BCUT2D eigenvalue weighted by atomic mass is 35.5. The van der Waals surface area contributed by atoms with Crippen molar-refractivity contribution in [1.82, 2.24) is 0 Å². The summed E-state index contributed by atoms with van der Waals surface area (Å²) in [5, 5.41) is 9.79. The van der Waals surface area contributed by atoms with Crippen LogP contribution in [0.25, 0.3) is 0 Å². The maximum absolute atomic E-state index is 9.18. The number of benzene rings is 2. The largest absolute Gasteiger partial charge is 0.508 e. The van der Waals surface area contributed by atoms with Gasteiger partial charge in [-0.25, -0.2) is 0 Å². The van der Waals surface area contributed by atoms with Crippen molar-refractivity contribution in [2.24, 2.45) is 0 Å². The van der Waals surface area contributed by atoms with Crippen molar-refractivity contribution in [3.8, 4) is 11.5 Å². The monoisotopic (exact) mass is 282 g/mol. The fraction of sp³-hybridized carbons (Fsp3) is 0.143. The number of aromatic hydroxyl groups is 1. The summed E-state index contributed by atoms with van der Waals surface area (Å²) in [7, 11) is 0. The predicted molar refractivity (Wildman–Crippen MR) is 73.4 cm³/mol. The van der Waals surface area contributed by atoms with Crippen LogP contribution in [0.5, 0.6) is 11.5 Å². The highest BCUT2D eigenvalue weighted by Crippen LogP contribution is 2.28. The molecule has 2 rings (SSSR count). The van der Waals surface area contributed by atoms with Gasteiger partial charge in [-0.15, -0.1) is 11.6 Å². The van der Waals surface area contributed by atoms with Crippen molar-refractivity contribution in [3.05, 3.63) is 58.6 Å². The third-order valence-corrected chi connectivity index (χ3v) is 3.16. The predicted octanol–water partition coefficient (Wildman–Crippen LogP) is 4.36. The summed E-state index contributed by atoms with van der Waals surface area (Å²) < 4.78 is 5.68. The molecule has 0 fully saturated rings. The summed E-state index contributed by atoms with van der Waals surface area (Å²) in [4.78, 5) is 0. The van der Waals surface area contributed by atoms with Crippen molar-refractivity contribution in [1.29, 1.82) is 0 Å². The highest BCUT2D eigenvalue weighted by molar-refractivity contribution is 6.32. The highest BCUT2D eigenvalue weighted by Gasteiger charge is 2.07. The van der Waals surface area contributed by atoms with E-state index in [4.69, 9.17) is 27.9 Å². The number of phenols is 1. The molecule has 0 saturated heterocycles. The molecule has 0 radical (unpaired) electrons. The van der Waals surface area contributed by atoms with Gasteiger partial charge < -0.3 is 9.84 Å². The lowest BCUT2D eigenvalue weighted by molar-refractivity contribution is 0.303. The molecule has 2 aromatic carbocycles. The molecule has 1 N–H and O–H groups in total. The molecule has 2 nitrogen and oxygen atoms in total. The fourth-order valence-corrected chi connectivity index (χ4v) is 2.13. The Labute approximate surface area is 116 Å². The second kappa shape index (κ2) is 5.98. The van der Waals surface area contributed by atoms with Gasteiger partial charge in [-0.05, 0) is 29.8 Å². The van der Waals surface area contributed by atoms with E-state index in [9.17, 15) is 5.11 Å². The van der Waals surface area contributed by atoms with Gasteiger partial charge in [-0.1, -0.05) is 29.8 Å². The SMILES string of the molecule is Oc1ccc(COc2cccc(Cl)c2CCl)cc1. The third-order valence-electron chi connectivity index (χ3n) is 2.54. The Morgan fingerprint density at radius 3 is 2.44 bits per heavy atom. The molecule has 0 bridgehead atoms. The van der Waals surface area contributed by atoms with Crippen LogP contribution >= 0.6 is 23.2 Å². The topological polar surface area (TPSA) is 29.5 Å². The van der Waals surface area contributed by atoms with Crippen LogP contribution < -0.4 is 4.74 Å². The van der Waals surface area contributed by atoms with Crippen molar-refractivity contribution >= 4 is 23.2 Å². The van der Waals surface area contributed by atoms with Crippen LogP contribution in [-0.2, 0) is 12.5 Å². The van der Waals surface area contributed by atoms with Crippen LogP contribution in [-0.4, -0.2) is 5.11 Å². The van der Waals surface area contributed by atoms with Gasteiger partial charge >= 0.3 is 0 Å². The maximum Gasteiger partial charge on any atom is 0.125 e. The Kier molecular flexibility index (Phi) is 4.34. The standard InChI is InChI=1S/C14H12Cl2O2/c15-8-12-13(16)2-1-3-14(12)18-9-10-4-6-11(17)7-5-10/h1-7,17H,8-9H2. The van der Waals surface area contributed by atoms with E-state index < -0.39 is 0 Å². The van der Waals surface area contributed by atoms with Crippen LogP contribution in [0.2, 0.25) is 5.02 Å². The number of alkyl halides is 1. The summed E-state index contributed by atoms with van der Waals surface area (Å²) in [6.45, 7) is 0.407. The van der Waals surface area contributed by atoms with Crippen molar-refractivity contribution in [3.63, 3.8) is 0 Å². The molecule has 2 aromatic rings. The van der Waals surface area contributed by atoms with E-state index in [0.717, 1.165) is 11.1 Å². The molecular formula is C14H12Cl2O2. The van der Waals surface area contributed by atoms with Gasteiger partial charge in [-0.3, -0.25) is 0 Å². The van der Waals surface area contributed by atoms with Gasteiger partial charge in [0.05, 0.1) is 5.88 Å². The van der Waals surface area contributed by atoms with Crippen LogP contribution in [0.4, 0.5) is 0 Å². The van der Waals surface area contributed by atoms with Crippen LogP contribution in [0.1, 0.15) is 11.1 Å². The molecule has 0 aliphatic carbocycles. The van der Waals surface area contributed by atoms with E-state index in [1.54, 1.807) is 30.3 Å². The van der Waals surface area contributed by atoms with Gasteiger partial charge in [0.2, 0.25) is 0 Å². The minimum absolute atomic E-state index is 0.239. The average Bonchev–Trinajstić information content (AvgIpc) is 2.38. The first-order valence-corrected chi connectivity index (χ1v) is 6.36. The van der Waals surface area contributed by atoms with Crippen LogP contribution in [0.15, 0.2) is 42.5 Å². The Morgan fingerprint density at radius 2 is 1.78 bits per heavy atom. The fourth-order valence-electron chi connectivity index (χ4n) is 1.56. The minimum atomic E-state index is 0.239. The summed E-state index contributed by atoms with van der Waals surface area (Å²) in [5.74, 6) is 1.23. The zero-order chi connectivity index (χ0) is 13.0. The number of ether oxygens (including phenoxy) is 1.